The van der Waals surface area contributed by atoms with Crippen molar-refractivity contribution < 1.29 is 19.0 Å². The van der Waals surface area contributed by atoms with Gasteiger partial charge in [-0.3, -0.25) is 4.57 Å². The average Bonchev–Trinajstić information content (AvgIpc) is 3.26. The van der Waals surface area contributed by atoms with Gasteiger partial charge in [0.05, 0.1) is 11.0 Å². The first-order valence-corrected chi connectivity index (χ1v) is 12.4. The second-order valence-electron chi connectivity index (χ2n) is 9.89. The maximum Gasteiger partial charge on any atom is 0.326 e. The first-order chi connectivity index (χ1) is 16.2. The molecule has 0 spiro atoms. The van der Waals surface area contributed by atoms with E-state index >= 15 is 0 Å². The van der Waals surface area contributed by atoms with Crippen LogP contribution in [-0.2, 0) is 6.42 Å². The number of benzene rings is 2. The van der Waals surface area contributed by atoms with Crippen LogP contribution in [0.3, 0.4) is 0 Å². The second-order valence-corrected chi connectivity index (χ2v) is 10.8. The van der Waals surface area contributed by atoms with E-state index in [0.29, 0.717) is 17.8 Å². The Balaban J connectivity index is 0.00000289. The van der Waals surface area contributed by atoms with Gasteiger partial charge >= 0.3 is 5.69 Å². The van der Waals surface area contributed by atoms with E-state index in [2.05, 4.69) is 25.8 Å². The van der Waals surface area contributed by atoms with E-state index in [1.54, 1.807) is 10.6 Å². The van der Waals surface area contributed by atoms with Crippen molar-refractivity contribution >= 4 is 39.4 Å². The van der Waals surface area contributed by atoms with Crippen LogP contribution in [0.2, 0.25) is 0 Å². The summed E-state index contributed by atoms with van der Waals surface area (Å²) < 4.78 is 28.2. The lowest BCUT2D eigenvalue weighted by molar-refractivity contribution is 0.0536. The minimum Gasteiger partial charge on any atom is -0.487 e. The Kier molecular flexibility index (Phi) is 7.52. The Morgan fingerprint density at radius 2 is 2.03 bits per heavy atom. The summed E-state index contributed by atoms with van der Waals surface area (Å²) in [5, 5.41) is 10.6. The highest BCUT2D eigenvalue weighted by molar-refractivity contribution is 9.10. The zero-order chi connectivity index (χ0) is 24.0. The molecule has 3 heterocycles. The van der Waals surface area contributed by atoms with Gasteiger partial charge in [0.25, 0.3) is 0 Å². The third-order valence-corrected chi connectivity index (χ3v) is 7.05. The van der Waals surface area contributed by atoms with Crippen LogP contribution in [0.1, 0.15) is 38.3 Å². The van der Waals surface area contributed by atoms with Gasteiger partial charge in [-0.15, -0.1) is 12.4 Å². The van der Waals surface area contributed by atoms with Crippen molar-refractivity contribution in [3.8, 4) is 11.5 Å². The molecule has 10 heteroatoms. The number of piperidine rings is 1. The van der Waals surface area contributed by atoms with E-state index in [9.17, 15) is 14.3 Å². The number of halogens is 3. The van der Waals surface area contributed by atoms with E-state index in [1.165, 1.54) is 12.1 Å². The smallest absolute Gasteiger partial charge is 0.326 e. The van der Waals surface area contributed by atoms with Crippen molar-refractivity contribution in [2.75, 3.05) is 26.2 Å². The number of likely N-dealkylation sites (tertiary alicyclic amines) is 1. The zero-order valence-electron chi connectivity index (χ0n) is 19.7. The highest BCUT2D eigenvalue weighted by Gasteiger charge is 2.33. The summed E-state index contributed by atoms with van der Waals surface area (Å²) in [6.45, 7) is 6.26. The Labute approximate surface area is 217 Å². The Morgan fingerprint density at radius 3 is 2.77 bits per heavy atom. The summed E-state index contributed by atoms with van der Waals surface area (Å²) in [7, 11) is 0. The lowest BCUT2D eigenvalue weighted by atomic mass is 10.0. The third kappa shape index (κ3) is 5.53. The number of hydrogen-bond acceptors (Lipinski definition) is 5. The van der Waals surface area contributed by atoms with Crippen molar-refractivity contribution in [3.05, 3.63) is 56.7 Å². The molecule has 0 bridgehead atoms. The molecule has 0 saturated carbocycles. The molecule has 0 radical (unpaired) electrons. The number of aliphatic hydroxyl groups is 1. The Hall–Kier alpha value is -2.07. The van der Waals surface area contributed by atoms with E-state index in [4.69, 9.17) is 9.47 Å². The molecular formula is C25H30BrClFN3O4. The monoisotopic (exact) mass is 569 g/mol. The maximum absolute atomic E-state index is 13.5. The van der Waals surface area contributed by atoms with E-state index < -0.39 is 6.10 Å². The first kappa shape index (κ1) is 26.0. The van der Waals surface area contributed by atoms with Crippen LogP contribution in [0.25, 0.3) is 11.0 Å². The normalized spacial score (nSPS) is 18.7. The Bertz CT molecular complexity index is 1270. The number of ether oxygens (including phenoxy) is 2. The molecule has 1 atom stereocenters. The molecule has 0 amide bonds. The molecule has 190 valence electrons. The van der Waals surface area contributed by atoms with Crippen molar-refractivity contribution in [2.45, 2.75) is 50.9 Å². The van der Waals surface area contributed by atoms with Crippen LogP contribution in [0.5, 0.6) is 11.5 Å². The van der Waals surface area contributed by atoms with E-state index in [1.807, 2.05) is 26.0 Å². The van der Waals surface area contributed by atoms with Gasteiger partial charge in [-0.05, 0) is 57.0 Å². The minimum atomic E-state index is -0.653. The van der Waals surface area contributed by atoms with Crippen LogP contribution in [0.15, 0.2) is 39.6 Å². The lowest BCUT2D eigenvalue weighted by Gasteiger charge is -2.33. The predicted molar refractivity (Wildman–Crippen MR) is 139 cm³/mol. The SMILES string of the molecule is CC1(C)Cc2cc(Br)cc(OCC(O)CN3CCC(n4c(=O)[nH]c5cc(F)ccc54)CC3)c2O1.Cl. The molecular weight excluding hydrogens is 541 g/mol. The quantitative estimate of drug-likeness (QED) is 0.458. The van der Waals surface area contributed by atoms with Gasteiger partial charge in [0, 0.05) is 42.1 Å². The van der Waals surface area contributed by atoms with E-state index in [-0.39, 0.29) is 42.2 Å². The van der Waals surface area contributed by atoms with Crippen LogP contribution < -0.4 is 15.2 Å². The number of H-pyrrole nitrogens is 1. The second kappa shape index (κ2) is 10.1. The minimum absolute atomic E-state index is 0. The van der Waals surface area contributed by atoms with Gasteiger partial charge < -0.3 is 24.5 Å². The molecule has 2 aliphatic heterocycles. The number of imidazole rings is 1. The lowest BCUT2D eigenvalue weighted by Crippen LogP contribution is -2.42. The molecule has 0 aliphatic carbocycles. The summed E-state index contributed by atoms with van der Waals surface area (Å²) in [4.78, 5) is 17.4. The highest BCUT2D eigenvalue weighted by Crippen LogP contribution is 2.43. The summed E-state index contributed by atoms with van der Waals surface area (Å²) in [5.41, 5.74) is 1.86. The average molecular weight is 571 g/mol. The third-order valence-electron chi connectivity index (χ3n) is 6.59. The van der Waals surface area contributed by atoms with E-state index in [0.717, 1.165) is 53.7 Å². The molecule has 1 unspecified atom stereocenters. The molecule has 1 saturated heterocycles. The summed E-state index contributed by atoms with van der Waals surface area (Å²) in [6, 6.07) is 8.35. The van der Waals surface area contributed by atoms with Gasteiger partial charge in [0.1, 0.15) is 24.1 Å². The van der Waals surface area contributed by atoms with Gasteiger partial charge in [0.2, 0.25) is 0 Å². The highest BCUT2D eigenvalue weighted by atomic mass is 79.9. The largest absolute Gasteiger partial charge is 0.487 e. The molecule has 7 nitrogen and oxygen atoms in total. The number of aliphatic hydroxyl groups excluding tert-OH is 1. The fourth-order valence-corrected chi connectivity index (χ4v) is 5.59. The number of nitrogens with zero attached hydrogens (tertiary/aromatic N) is 2. The van der Waals surface area contributed by atoms with Crippen LogP contribution in [0, 0.1) is 5.82 Å². The number of aromatic amines is 1. The van der Waals surface area contributed by atoms with Crippen LogP contribution >= 0.6 is 28.3 Å². The molecule has 1 aromatic heterocycles. The molecule has 5 rings (SSSR count). The maximum atomic E-state index is 13.5. The van der Waals surface area contributed by atoms with Gasteiger partial charge in [-0.1, -0.05) is 15.9 Å². The summed E-state index contributed by atoms with van der Waals surface area (Å²) in [6.07, 6.45) is 1.71. The zero-order valence-corrected chi connectivity index (χ0v) is 22.1. The molecule has 2 aliphatic rings. The van der Waals surface area contributed by atoms with Crippen LogP contribution in [-0.4, -0.2) is 57.5 Å². The molecule has 2 aromatic carbocycles. The number of nitrogens with one attached hydrogen (secondary N) is 1. The van der Waals surface area contributed by atoms with Gasteiger partial charge in [-0.25, -0.2) is 9.18 Å². The van der Waals surface area contributed by atoms with Crippen molar-refractivity contribution in [2.24, 2.45) is 0 Å². The van der Waals surface area contributed by atoms with Gasteiger partial charge in [-0.2, -0.15) is 0 Å². The van der Waals surface area contributed by atoms with Crippen molar-refractivity contribution in [1.82, 2.24) is 14.5 Å². The van der Waals surface area contributed by atoms with Crippen LogP contribution in [0.4, 0.5) is 4.39 Å². The summed E-state index contributed by atoms with van der Waals surface area (Å²) >= 11 is 3.53. The number of aromatic nitrogens is 2. The number of fused-ring (bicyclic) bond motifs is 2. The standard InChI is InChI=1S/C25H29BrFN3O4.ClH/c1-25(2)12-15-9-16(26)10-22(23(15)34-25)33-14-19(31)13-29-7-5-18(6-8-29)30-21-4-3-17(27)11-20(21)28-24(30)32;/h3-4,9-11,18-19,31H,5-8,12-14H2,1-2H3,(H,28,32);1H. The predicted octanol–water partition coefficient (Wildman–Crippen LogP) is 4.44. The fraction of sp³-hybridized carbons (Fsp3) is 0.480. The molecule has 1 fully saturated rings. The molecule has 2 N–H and O–H groups in total. The number of rotatable bonds is 6. The Morgan fingerprint density at radius 1 is 1.29 bits per heavy atom. The van der Waals surface area contributed by atoms with Gasteiger partial charge in [0.15, 0.2) is 11.5 Å². The number of hydrogen-bond donors (Lipinski definition) is 2. The van der Waals surface area contributed by atoms with Crippen molar-refractivity contribution in [1.29, 1.82) is 0 Å². The number of β-amino-alcohol motifs (C(OH)–C–C–N with tert-alkyl or cyclic N) is 1. The fourth-order valence-electron chi connectivity index (χ4n) is 5.11. The molecule has 3 aromatic rings. The van der Waals surface area contributed by atoms with Crippen molar-refractivity contribution in [3.63, 3.8) is 0 Å². The topological polar surface area (TPSA) is 79.7 Å². The summed E-state index contributed by atoms with van der Waals surface area (Å²) in [5.74, 6) is 1.03. The first-order valence-electron chi connectivity index (χ1n) is 11.6. The molecule has 35 heavy (non-hydrogen) atoms.